The Labute approximate surface area is 608 Å². The molecule has 0 amide bonds. The Kier molecular flexibility index (Phi) is 13.8. The summed E-state index contributed by atoms with van der Waals surface area (Å²) in [5.41, 5.74) is 27.5. The van der Waals surface area contributed by atoms with Crippen LogP contribution in [0.15, 0.2) is 206 Å². The standard InChI is InChI=1S/C94H100B2N6/c1-4-23-70-47-66-38-41-94(70,61-66)102(92-40-37-65(57-92)43-63(6-3)55-92)76-50-86-90-88(51-76)100(74-30-17-10-18-31-74)84-53-83-79(52-80(84)96(90)78-33-20-22-35-82(78)98(86)72-26-13-8-14-27-72)95-77-32-19-21-34-81(77)97(71-24-11-7-12-25-71)85-48-75(49-87(89(85)95)99(83)73-28-15-9-16-29-73)101(91-39-36-64(56-91)42-62(5-2)54-91)93-58-67-44-68(59-93)46-69(45-67)60-93/h7-22,24-35,48-53,62-70H,4-6,23,36-47,54-61H2,1-3H3. The third-order valence-corrected chi connectivity index (χ3v) is 30.3. The fourth-order valence-electron chi connectivity index (χ4n) is 27.5. The van der Waals surface area contributed by atoms with Crippen LogP contribution in [0.3, 0.4) is 0 Å². The van der Waals surface area contributed by atoms with Crippen molar-refractivity contribution in [3.8, 4) is 0 Å². The second-order valence-corrected chi connectivity index (χ2v) is 35.8. The number of hydrogen-bond acceptors (Lipinski definition) is 6. The van der Waals surface area contributed by atoms with E-state index in [0.29, 0.717) is 5.92 Å². The molecule has 6 nitrogen and oxygen atoms in total. The third-order valence-electron chi connectivity index (χ3n) is 30.3. The maximum atomic E-state index is 3.33. The molecule has 10 aliphatic carbocycles. The summed E-state index contributed by atoms with van der Waals surface area (Å²) in [5.74, 6) is 7.16. The van der Waals surface area contributed by atoms with Crippen LogP contribution in [-0.2, 0) is 0 Å². The molecule has 9 unspecified atom stereocenters. The predicted molar refractivity (Wildman–Crippen MR) is 430 cm³/mol. The normalized spacial score (nSPS) is 31.0. The van der Waals surface area contributed by atoms with Crippen LogP contribution in [0.4, 0.5) is 79.6 Å². The summed E-state index contributed by atoms with van der Waals surface area (Å²) < 4.78 is 0. The highest BCUT2D eigenvalue weighted by Crippen LogP contribution is 2.67. The molecular formula is C94H100B2N6. The number of fused-ring (bicyclic) bond motifs is 14. The quantitative estimate of drug-likeness (QED) is 0.100. The Hall–Kier alpha value is -8.09. The number of para-hydroxylation sites is 6. The molecule has 14 aliphatic rings. The lowest BCUT2D eigenvalue weighted by atomic mass is 9.30. The van der Waals surface area contributed by atoms with Crippen LogP contribution in [-0.4, -0.2) is 35.6 Å². The van der Waals surface area contributed by atoms with Gasteiger partial charge >= 0.3 is 0 Å². The highest BCUT2D eigenvalue weighted by molar-refractivity contribution is 7.03. The lowest BCUT2D eigenvalue weighted by molar-refractivity contribution is -0.0190. The van der Waals surface area contributed by atoms with E-state index in [-0.39, 0.29) is 35.6 Å². The minimum atomic E-state index is -0.0470. The summed E-state index contributed by atoms with van der Waals surface area (Å²) in [6.45, 7) is 7.42. The molecule has 102 heavy (non-hydrogen) atoms. The highest BCUT2D eigenvalue weighted by atomic mass is 15.3. The van der Waals surface area contributed by atoms with Gasteiger partial charge in [-0.3, -0.25) is 0 Å². The first kappa shape index (κ1) is 61.4. The summed E-state index contributed by atoms with van der Waals surface area (Å²) in [7, 11) is 0. The van der Waals surface area contributed by atoms with Gasteiger partial charge in [-0.25, -0.2) is 0 Å². The van der Waals surface area contributed by atoms with E-state index in [1.807, 2.05) is 0 Å². The summed E-state index contributed by atoms with van der Waals surface area (Å²) in [6, 6.07) is 82.8. The zero-order valence-electron chi connectivity index (χ0n) is 60.6. The minimum Gasteiger partial charge on any atom is -0.360 e. The summed E-state index contributed by atoms with van der Waals surface area (Å²) in [6.07, 6.45) is 32.5. The predicted octanol–water partition coefficient (Wildman–Crippen LogP) is 20.5. The first-order valence-electron chi connectivity index (χ1n) is 40.9. The molecule has 0 saturated heterocycles. The smallest absolute Gasteiger partial charge is 0.252 e. The van der Waals surface area contributed by atoms with Gasteiger partial charge in [0.1, 0.15) is 0 Å². The molecule has 9 aromatic rings. The molecule has 9 atom stereocenters. The Morgan fingerprint density at radius 1 is 0.333 bits per heavy atom. The van der Waals surface area contributed by atoms with Gasteiger partial charge in [0.05, 0.1) is 0 Å². The van der Waals surface area contributed by atoms with Gasteiger partial charge in [-0.15, -0.1) is 0 Å². The number of rotatable bonds is 14. The zero-order valence-corrected chi connectivity index (χ0v) is 60.6. The fourth-order valence-corrected chi connectivity index (χ4v) is 27.5. The molecule has 10 saturated carbocycles. The monoisotopic (exact) mass is 1330 g/mol. The number of anilines is 14. The summed E-state index contributed by atoms with van der Waals surface area (Å²) >= 11 is 0. The number of hydrogen-bond donors (Lipinski definition) is 0. The van der Waals surface area contributed by atoms with Crippen molar-refractivity contribution in [1.82, 2.24) is 0 Å². The topological polar surface area (TPSA) is 19.4 Å². The second-order valence-electron chi connectivity index (χ2n) is 35.8. The van der Waals surface area contributed by atoms with Gasteiger partial charge in [0.15, 0.2) is 0 Å². The molecule has 23 rings (SSSR count). The van der Waals surface area contributed by atoms with E-state index in [1.54, 1.807) is 0 Å². The Morgan fingerprint density at radius 3 is 1.15 bits per heavy atom. The van der Waals surface area contributed by atoms with Gasteiger partial charge in [0.25, 0.3) is 13.4 Å². The van der Waals surface area contributed by atoms with Gasteiger partial charge in [-0.1, -0.05) is 155 Å². The van der Waals surface area contributed by atoms with Crippen molar-refractivity contribution >= 4 is 126 Å². The molecule has 0 radical (unpaired) electrons. The van der Waals surface area contributed by atoms with Gasteiger partial charge in [-0.2, -0.15) is 0 Å². The van der Waals surface area contributed by atoms with Crippen LogP contribution in [0.2, 0.25) is 0 Å². The van der Waals surface area contributed by atoms with Crippen LogP contribution in [0, 0.1) is 53.3 Å². The van der Waals surface area contributed by atoms with Crippen molar-refractivity contribution in [3.63, 3.8) is 0 Å². The summed E-state index contributed by atoms with van der Waals surface area (Å²) in [5, 5.41) is 0. The van der Waals surface area contributed by atoms with E-state index < -0.39 is 0 Å². The molecule has 4 heterocycles. The van der Waals surface area contributed by atoms with Gasteiger partial charge in [-0.05, 0) is 312 Å². The minimum absolute atomic E-state index is 0.0443. The van der Waals surface area contributed by atoms with Crippen LogP contribution in [0.5, 0.6) is 0 Å². The van der Waals surface area contributed by atoms with Crippen molar-refractivity contribution < 1.29 is 0 Å². The summed E-state index contributed by atoms with van der Waals surface area (Å²) in [4.78, 5) is 17.7. The van der Waals surface area contributed by atoms with Gasteiger partial charge in [0.2, 0.25) is 0 Å². The van der Waals surface area contributed by atoms with E-state index in [1.165, 1.54) is 266 Å². The maximum absolute atomic E-state index is 3.33. The molecule has 10 fully saturated rings. The molecular weight excluding hydrogens is 1230 g/mol. The van der Waals surface area contributed by atoms with E-state index in [2.05, 4.69) is 256 Å². The maximum Gasteiger partial charge on any atom is 0.252 e. The van der Waals surface area contributed by atoms with E-state index in [4.69, 9.17) is 0 Å². The van der Waals surface area contributed by atoms with E-state index in [9.17, 15) is 0 Å². The van der Waals surface area contributed by atoms with Crippen LogP contribution >= 0.6 is 0 Å². The molecule has 4 aliphatic heterocycles. The van der Waals surface area contributed by atoms with Crippen LogP contribution in [0.1, 0.15) is 175 Å². The zero-order chi connectivity index (χ0) is 67.4. The molecule has 0 aromatic heterocycles. The lowest BCUT2D eigenvalue weighted by Crippen LogP contribution is -2.68. The van der Waals surface area contributed by atoms with Crippen molar-refractivity contribution in [2.24, 2.45) is 53.3 Å². The highest BCUT2D eigenvalue weighted by Gasteiger charge is 2.64. The number of benzene rings is 9. The molecule has 9 aromatic carbocycles. The average Bonchev–Trinajstić information content (AvgIpc) is 1.47. The average molecular weight is 1340 g/mol. The Balaban J connectivity index is 0.834. The van der Waals surface area contributed by atoms with Gasteiger partial charge in [0, 0.05) is 102 Å². The second kappa shape index (κ2) is 23.0. The fraction of sp³-hybridized carbons (Fsp3) is 0.426. The SMILES string of the molecule is CCCC1CC2CCC1(N(c1cc3c4c(c1)N(c1ccccc1)c1cc5c(cc1B4c1ccccc1N3c1ccccc1)B1c3ccccc3N(c3ccccc3)c3cc(N(C46CCC(CC(CC)C4)C6)C46CC7CC(CC(C7)C4)C6)cc(c31)N5c1ccccc1)C13CCC(CC(CC)C1)C3)C2. The molecule has 10 bridgehead atoms. The Bertz CT molecular complexity index is 4750. The lowest BCUT2D eigenvalue weighted by Gasteiger charge is -2.66. The molecule has 0 spiro atoms. The van der Waals surface area contributed by atoms with Crippen molar-refractivity contribution in [2.75, 3.05) is 29.4 Å². The van der Waals surface area contributed by atoms with E-state index in [0.717, 1.165) is 47.3 Å². The van der Waals surface area contributed by atoms with Crippen LogP contribution < -0.4 is 62.2 Å². The first-order chi connectivity index (χ1) is 50.2. The molecule has 8 heteroatoms. The molecule has 512 valence electrons. The van der Waals surface area contributed by atoms with Crippen molar-refractivity contribution in [2.45, 2.75) is 197 Å². The number of nitrogens with zero attached hydrogens (tertiary/aromatic N) is 6. The Morgan fingerprint density at radius 2 is 0.716 bits per heavy atom. The first-order valence-corrected chi connectivity index (χ1v) is 40.9. The van der Waals surface area contributed by atoms with Crippen molar-refractivity contribution in [3.05, 3.63) is 206 Å². The van der Waals surface area contributed by atoms with Gasteiger partial charge < -0.3 is 29.4 Å². The van der Waals surface area contributed by atoms with E-state index >= 15 is 0 Å². The third kappa shape index (κ3) is 8.85. The largest absolute Gasteiger partial charge is 0.360 e. The molecule has 0 N–H and O–H groups in total. The van der Waals surface area contributed by atoms with Crippen molar-refractivity contribution in [1.29, 1.82) is 0 Å². The van der Waals surface area contributed by atoms with Crippen LogP contribution in [0.25, 0.3) is 0 Å².